The van der Waals surface area contributed by atoms with Gasteiger partial charge in [0.25, 0.3) is 11.6 Å². The predicted octanol–water partition coefficient (Wildman–Crippen LogP) is 2.18. The number of benzene rings is 1. The second kappa shape index (κ2) is 8.81. The van der Waals surface area contributed by atoms with E-state index in [1.807, 2.05) is 0 Å². The molecule has 1 N–H and O–H groups in total. The number of rotatable bonds is 5. The van der Waals surface area contributed by atoms with Crippen molar-refractivity contribution in [2.45, 2.75) is 32.2 Å². The van der Waals surface area contributed by atoms with Gasteiger partial charge in [-0.1, -0.05) is 11.6 Å². The van der Waals surface area contributed by atoms with E-state index in [0.717, 1.165) is 0 Å². The highest BCUT2D eigenvalue weighted by atomic mass is 35.5. The van der Waals surface area contributed by atoms with E-state index in [1.165, 1.54) is 30.0 Å². The molecular formula is C17H20ClN3O6. The van der Waals surface area contributed by atoms with Crippen LogP contribution in [-0.4, -0.2) is 63.3 Å². The van der Waals surface area contributed by atoms with Crippen molar-refractivity contribution in [3.8, 4) is 0 Å². The van der Waals surface area contributed by atoms with Crippen molar-refractivity contribution in [2.24, 2.45) is 0 Å². The molecule has 1 atom stereocenters. The monoisotopic (exact) mass is 397 g/mol. The third kappa shape index (κ3) is 5.40. The summed E-state index contributed by atoms with van der Waals surface area (Å²) in [4.78, 5) is 48.7. The number of carboxylic acid groups (broad SMARTS) is 1. The number of nitrogens with zero attached hydrogens (tertiary/aromatic N) is 3. The number of nitro benzene ring substituents is 1. The molecule has 1 aromatic rings. The maximum Gasteiger partial charge on any atom is 0.323 e. The summed E-state index contributed by atoms with van der Waals surface area (Å²) in [5.74, 6) is -1.80. The molecule has 2 rings (SSSR count). The van der Waals surface area contributed by atoms with Gasteiger partial charge in [0.2, 0.25) is 5.91 Å². The highest BCUT2D eigenvalue weighted by molar-refractivity contribution is 6.31. The van der Waals surface area contributed by atoms with Gasteiger partial charge in [-0.05, 0) is 25.3 Å². The summed E-state index contributed by atoms with van der Waals surface area (Å²) < 4.78 is 0. The normalized spacial score (nSPS) is 17.1. The minimum absolute atomic E-state index is 0.101. The highest BCUT2D eigenvalue weighted by Gasteiger charge is 2.28. The average Bonchev–Trinajstić information content (AvgIpc) is 2.84. The molecule has 10 heteroatoms. The van der Waals surface area contributed by atoms with Crippen molar-refractivity contribution in [1.29, 1.82) is 0 Å². The summed E-state index contributed by atoms with van der Waals surface area (Å²) in [6.07, 6.45) is 1.59. The van der Waals surface area contributed by atoms with Crippen LogP contribution in [-0.2, 0) is 9.59 Å². The Hall–Kier alpha value is -2.68. The fourth-order valence-electron chi connectivity index (χ4n) is 3.22. The third-order valence-corrected chi connectivity index (χ3v) is 4.69. The first-order valence-electron chi connectivity index (χ1n) is 8.42. The quantitative estimate of drug-likeness (QED) is 0.600. The summed E-state index contributed by atoms with van der Waals surface area (Å²) >= 11 is 5.88. The van der Waals surface area contributed by atoms with Crippen molar-refractivity contribution in [2.75, 3.05) is 19.6 Å². The van der Waals surface area contributed by atoms with Crippen molar-refractivity contribution >= 4 is 35.1 Å². The molecule has 0 bridgehead atoms. The number of likely N-dealkylation sites (tertiary alicyclic amines) is 1. The van der Waals surface area contributed by atoms with Gasteiger partial charge in [0, 0.05) is 48.8 Å². The predicted molar refractivity (Wildman–Crippen MR) is 96.7 cm³/mol. The lowest BCUT2D eigenvalue weighted by molar-refractivity contribution is -0.384. The molecule has 0 aromatic heterocycles. The van der Waals surface area contributed by atoms with Gasteiger partial charge in [-0.15, -0.1) is 0 Å². The van der Waals surface area contributed by atoms with Crippen LogP contribution in [0.25, 0.3) is 0 Å². The maximum atomic E-state index is 12.7. The summed E-state index contributed by atoms with van der Waals surface area (Å²) in [6.45, 7) is 1.66. The third-order valence-electron chi connectivity index (χ3n) is 4.48. The molecule has 1 aliphatic heterocycles. The number of non-ortho nitro benzene ring substituents is 1. The molecule has 0 saturated carbocycles. The lowest BCUT2D eigenvalue weighted by Crippen LogP contribution is -2.43. The Morgan fingerprint density at radius 3 is 2.59 bits per heavy atom. The van der Waals surface area contributed by atoms with E-state index in [-0.39, 0.29) is 40.7 Å². The second-order valence-electron chi connectivity index (χ2n) is 6.37. The smallest absolute Gasteiger partial charge is 0.323 e. The Morgan fingerprint density at radius 1 is 1.30 bits per heavy atom. The first kappa shape index (κ1) is 20.6. The van der Waals surface area contributed by atoms with Crippen LogP contribution in [0.2, 0.25) is 5.02 Å². The first-order valence-corrected chi connectivity index (χ1v) is 8.80. The molecule has 1 fully saturated rings. The number of carbonyl (C=O) groups is 3. The molecule has 2 amide bonds. The zero-order valence-corrected chi connectivity index (χ0v) is 15.5. The number of amides is 2. The van der Waals surface area contributed by atoms with E-state index < -0.39 is 10.9 Å². The van der Waals surface area contributed by atoms with Gasteiger partial charge in [0.05, 0.1) is 4.92 Å². The largest absolute Gasteiger partial charge is 0.480 e. The Kier molecular flexibility index (Phi) is 6.73. The Morgan fingerprint density at radius 2 is 2.00 bits per heavy atom. The second-order valence-corrected chi connectivity index (χ2v) is 6.81. The molecule has 1 aromatic carbocycles. The van der Waals surface area contributed by atoms with E-state index in [0.29, 0.717) is 32.4 Å². The number of nitro groups is 1. The van der Waals surface area contributed by atoms with Crippen molar-refractivity contribution in [1.82, 2.24) is 9.80 Å². The van der Waals surface area contributed by atoms with Crippen LogP contribution in [0.3, 0.4) is 0 Å². The van der Waals surface area contributed by atoms with Crippen LogP contribution < -0.4 is 0 Å². The summed E-state index contributed by atoms with van der Waals surface area (Å²) in [5, 5.41) is 20.1. The molecule has 0 aliphatic carbocycles. The fraction of sp³-hybridized carbons (Fsp3) is 0.471. The Bertz CT molecular complexity index is 769. The van der Waals surface area contributed by atoms with Crippen LogP contribution in [0, 0.1) is 10.1 Å². The van der Waals surface area contributed by atoms with E-state index >= 15 is 0 Å². The molecule has 0 spiro atoms. The number of carboxylic acids is 1. The highest BCUT2D eigenvalue weighted by Crippen LogP contribution is 2.24. The van der Waals surface area contributed by atoms with Crippen LogP contribution in [0.4, 0.5) is 5.69 Å². The van der Waals surface area contributed by atoms with Gasteiger partial charge < -0.3 is 14.9 Å². The van der Waals surface area contributed by atoms with Gasteiger partial charge in [-0.3, -0.25) is 24.5 Å². The van der Waals surface area contributed by atoms with E-state index in [1.54, 1.807) is 4.90 Å². The topological polar surface area (TPSA) is 121 Å². The van der Waals surface area contributed by atoms with Gasteiger partial charge in [0.1, 0.15) is 6.54 Å². The van der Waals surface area contributed by atoms with Crippen molar-refractivity contribution < 1.29 is 24.4 Å². The minimum Gasteiger partial charge on any atom is -0.480 e. The van der Waals surface area contributed by atoms with Crippen LogP contribution in [0.5, 0.6) is 0 Å². The van der Waals surface area contributed by atoms with E-state index in [9.17, 15) is 24.5 Å². The molecular weight excluding hydrogens is 378 g/mol. The first-order chi connectivity index (χ1) is 12.7. The molecule has 146 valence electrons. The minimum atomic E-state index is -1.09. The fourth-order valence-corrected chi connectivity index (χ4v) is 3.45. The molecule has 0 radical (unpaired) electrons. The zero-order valence-electron chi connectivity index (χ0n) is 14.8. The summed E-state index contributed by atoms with van der Waals surface area (Å²) in [5.41, 5.74) is -0.135. The van der Waals surface area contributed by atoms with Crippen molar-refractivity contribution in [3.63, 3.8) is 0 Å². The number of halogens is 1. The molecule has 27 heavy (non-hydrogen) atoms. The number of aliphatic carboxylic acids is 1. The summed E-state index contributed by atoms with van der Waals surface area (Å²) in [6, 6.07) is 3.46. The molecule has 1 aliphatic rings. The SMILES string of the molecule is CC(=O)N(CC(=O)O)C1CCCN(C(=O)c2cc(Cl)cc([N+](=O)[O-])c2)CC1. The molecule has 1 saturated heterocycles. The lowest BCUT2D eigenvalue weighted by atomic mass is 10.1. The molecule has 9 nitrogen and oxygen atoms in total. The van der Waals surface area contributed by atoms with Crippen LogP contribution >= 0.6 is 11.6 Å². The van der Waals surface area contributed by atoms with Crippen LogP contribution in [0.1, 0.15) is 36.5 Å². The molecule has 1 unspecified atom stereocenters. The van der Waals surface area contributed by atoms with E-state index in [2.05, 4.69) is 0 Å². The van der Waals surface area contributed by atoms with Gasteiger partial charge in [-0.2, -0.15) is 0 Å². The van der Waals surface area contributed by atoms with E-state index in [4.69, 9.17) is 16.7 Å². The zero-order chi connectivity index (χ0) is 20.1. The Labute approximate surface area is 160 Å². The standard InChI is InChI=1S/C17H20ClN3O6/c1-11(22)20(10-16(23)24)14-3-2-5-19(6-4-14)17(25)12-7-13(18)9-15(8-12)21(26)27/h7-9,14H,2-6,10H2,1H3,(H,23,24). The molecule has 1 heterocycles. The van der Waals surface area contributed by atoms with Crippen molar-refractivity contribution in [3.05, 3.63) is 38.9 Å². The lowest BCUT2D eigenvalue weighted by Gasteiger charge is -2.28. The number of carbonyl (C=O) groups excluding carboxylic acids is 2. The maximum absolute atomic E-state index is 12.7. The van der Waals surface area contributed by atoms with Gasteiger partial charge in [0.15, 0.2) is 0 Å². The van der Waals surface area contributed by atoms with Gasteiger partial charge in [-0.25, -0.2) is 0 Å². The number of hydrogen-bond acceptors (Lipinski definition) is 5. The van der Waals surface area contributed by atoms with Gasteiger partial charge >= 0.3 is 5.97 Å². The summed E-state index contributed by atoms with van der Waals surface area (Å²) in [7, 11) is 0. The Balaban J connectivity index is 2.13. The number of hydrogen-bond donors (Lipinski definition) is 1. The van der Waals surface area contributed by atoms with Crippen LogP contribution in [0.15, 0.2) is 18.2 Å². The average molecular weight is 398 g/mol.